The zero-order chi connectivity index (χ0) is 41.8. The number of ether oxygens (including phenoxy) is 1. The van der Waals surface area contributed by atoms with Gasteiger partial charge in [-0.05, 0) is 100 Å². The first-order chi connectivity index (χ1) is 28.3. The zero-order valence-electron chi connectivity index (χ0n) is 34.9. The predicted molar refractivity (Wildman–Crippen MR) is 231 cm³/mol. The Hall–Kier alpha value is -5.18. The Morgan fingerprint density at radius 2 is 1.66 bits per heavy atom. The average molecular weight is 825 g/mol. The third-order valence-corrected chi connectivity index (χ3v) is 12.2. The second kappa shape index (κ2) is 18.0. The van der Waals surface area contributed by atoms with Crippen LogP contribution in [-0.2, 0) is 16.8 Å². The summed E-state index contributed by atoms with van der Waals surface area (Å²) in [6, 6.07) is 20.5. The molecule has 8 rings (SSSR count). The Morgan fingerprint density at radius 1 is 0.949 bits per heavy atom. The number of benzene rings is 2. The lowest BCUT2D eigenvalue weighted by molar-refractivity contribution is -0.122. The number of carbonyl (C=O) groups excluding carboxylic acids is 1. The average Bonchev–Trinajstić information content (AvgIpc) is 3.82. The van der Waals surface area contributed by atoms with Crippen LogP contribution in [0.2, 0.25) is 5.02 Å². The van der Waals surface area contributed by atoms with Crippen molar-refractivity contribution in [2.24, 2.45) is 0 Å². The minimum Gasteiger partial charge on any atom is -0.484 e. The van der Waals surface area contributed by atoms with E-state index in [9.17, 15) is 4.79 Å². The summed E-state index contributed by atoms with van der Waals surface area (Å²) in [4.78, 5) is 29.4. The summed E-state index contributed by atoms with van der Waals surface area (Å²) in [5, 5.41) is 28.1. The summed E-state index contributed by atoms with van der Waals surface area (Å²) in [5.74, 6) is 2.22. The van der Waals surface area contributed by atoms with E-state index in [2.05, 4.69) is 99.8 Å². The Morgan fingerprint density at radius 3 is 2.37 bits per heavy atom. The molecule has 2 aliphatic heterocycles. The number of carboxylic acid groups (broad SMARTS) is 1. The van der Waals surface area contributed by atoms with Crippen molar-refractivity contribution in [3.63, 3.8) is 0 Å². The molecule has 0 spiro atoms. The number of hydrogen-bond acceptors (Lipinski definition) is 9. The number of hydrogen-bond donors (Lipinski definition) is 3. The number of nitrogens with one attached hydrogen (secondary N) is 2. The molecule has 1 aliphatic carbocycles. The first-order valence-corrected chi connectivity index (χ1v) is 21.0. The van der Waals surface area contributed by atoms with Crippen molar-refractivity contribution in [3.8, 4) is 11.4 Å². The Kier molecular flexibility index (Phi) is 12.8. The van der Waals surface area contributed by atoms with Gasteiger partial charge in [0.15, 0.2) is 5.65 Å². The molecule has 314 valence electrons. The van der Waals surface area contributed by atoms with Crippen molar-refractivity contribution in [2.45, 2.75) is 103 Å². The van der Waals surface area contributed by atoms with Crippen molar-refractivity contribution in [1.29, 1.82) is 0 Å². The number of fused-ring (bicyclic) bond motifs is 2. The third-order valence-electron chi connectivity index (χ3n) is 11.8. The van der Waals surface area contributed by atoms with Crippen LogP contribution in [-0.4, -0.2) is 97.1 Å². The Labute approximate surface area is 351 Å². The standard InChI is InChI=1S/C43H55ClN10O2.CH2O2/c1-28-10-9-11-29(2)53(28)42-48-47-39-19-15-32(27-52(39)42)56-37-18-17-36(33-12-7-8-13-34(33)37)45-41(55)46-40-25-38(43(3,4)5)49-54(40)31-14-16-35(44)30(24-31)26-51-22-20-50(6)21-23-51;2-1-3/h7-8,12-16,19,24-25,27-29,36-37H,9-11,17-18,20-23,26H2,1-6H3,(H2,45,46,55);1H,(H,2,3)/t28-,29+,36-,37+;/m0./s1. The molecule has 0 unspecified atom stereocenters. The van der Waals surface area contributed by atoms with Gasteiger partial charge in [-0.3, -0.25) is 19.4 Å². The number of rotatable bonds is 8. The lowest BCUT2D eigenvalue weighted by atomic mass is 9.85. The van der Waals surface area contributed by atoms with Crippen LogP contribution in [0.3, 0.4) is 0 Å². The first kappa shape index (κ1) is 42.0. The zero-order valence-corrected chi connectivity index (χ0v) is 35.7. The highest BCUT2D eigenvalue weighted by molar-refractivity contribution is 6.31. The minimum atomic E-state index is -0.288. The van der Waals surface area contributed by atoms with E-state index in [1.807, 2.05) is 53.3 Å². The SMILES string of the molecule is C[C@@H]1CCC[C@H](C)N1c1nnc2ccc(O[C@@H]3CC[C@H](NC(=O)Nc4cc(C(C)(C)C)nn4-c4ccc(Cl)c(CN5CCN(C)CC5)c4)c4ccccc43)cn12.O=CO. The molecule has 15 heteroatoms. The normalized spacial score (nSPS) is 21.3. The number of carbonyl (C=O) groups is 2. The predicted octanol–water partition coefficient (Wildman–Crippen LogP) is 7.86. The lowest BCUT2D eigenvalue weighted by Crippen LogP contribution is -2.44. The Balaban J connectivity index is 0.00000171. The molecule has 2 amide bonds. The van der Waals surface area contributed by atoms with E-state index in [4.69, 9.17) is 31.3 Å². The van der Waals surface area contributed by atoms with E-state index in [0.29, 0.717) is 17.9 Å². The van der Waals surface area contributed by atoms with Crippen molar-refractivity contribution in [1.82, 2.24) is 39.5 Å². The van der Waals surface area contributed by atoms with Crippen LogP contribution in [0.1, 0.15) is 101 Å². The largest absolute Gasteiger partial charge is 0.484 e. The molecule has 0 bridgehead atoms. The maximum absolute atomic E-state index is 13.9. The second-order valence-corrected chi connectivity index (χ2v) is 17.5. The number of aromatic nitrogens is 5. The van der Waals surface area contributed by atoms with Gasteiger partial charge in [-0.25, -0.2) is 9.48 Å². The molecule has 3 aromatic heterocycles. The van der Waals surface area contributed by atoms with Gasteiger partial charge < -0.3 is 25.0 Å². The summed E-state index contributed by atoms with van der Waals surface area (Å²) >= 11 is 6.74. The van der Waals surface area contributed by atoms with Crippen LogP contribution in [0.25, 0.3) is 11.3 Å². The van der Waals surface area contributed by atoms with Gasteiger partial charge in [0.25, 0.3) is 6.47 Å². The van der Waals surface area contributed by atoms with Gasteiger partial charge in [0.2, 0.25) is 5.95 Å². The highest BCUT2D eigenvalue weighted by Crippen LogP contribution is 2.39. The number of piperidine rings is 1. The van der Waals surface area contributed by atoms with E-state index >= 15 is 0 Å². The van der Waals surface area contributed by atoms with Gasteiger partial charge in [-0.1, -0.05) is 56.6 Å². The minimum absolute atomic E-state index is 0.168. The molecule has 59 heavy (non-hydrogen) atoms. The van der Waals surface area contributed by atoms with Crippen molar-refractivity contribution in [3.05, 3.63) is 94.3 Å². The summed E-state index contributed by atoms with van der Waals surface area (Å²) < 4.78 is 10.6. The summed E-state index contributed by atoms with van der Waals surface area (Å²) in [6.07, 6.45) is 6.82. The van der Waals surface area contributed by atoms with Gasteiger partial charge in [0.05, 0.1) is 23.6 Å². The quantitative estimate of drug-likeness (QED) is 0.132. The number of halogens is 1. The van der Waals surface area contributed by atoms with Gasteiger partial charge >= 0.3 is 6.03 Å². The van der Waals surface area contributed by atoms with Crippen LogP contribution in [0.4, 0.5) is 16.6 Å². The highest BCUT2D eigenvalue weighted by atomic mass is 35.5. The molecule has 3 aliphatic rings. The number of pyridine rings is 1. The van der Waals surface area contributed by atoms with Crippen LogP contribution in [0.15, 0.2) is 66.9 Å². The molecule has 4 atom stereocenters. The van der Waals surface area contributed by atoms with E-state index in [-0.39, 0.29) is 30.1 Å². The molecule has 3 N–H and O–H groups in total. The third kappa shape index (κ3) is 9.50. The molecule has 0 radical (unpaired) electrons. The molecule has 5 heterocycles. The summed E-state index contributed by atoms with van der Waals surface area (Å²) in [6.45, 7) is 15.5. The molecular formula is C44H57ClN10O4. The first-order valence-electron chi connectivity index (χ1n) is 20.7. The fourth-order valence-electron chi connectivity index (χ4n) is 8.51. The Bertz CT molecular complexity index is 2230. The summed E-state index contributed by atoms with van der Waals surface area (Å²) in [7, 11) is 2.16. The van der Waals surface area contributed by atoms with Crippen molar-refractivity contribution in [2.75, 3.05) is 43.4 Å². The van der Waals surface area contributed by atoms with Crippen molar-refractivity contribution < 1.29 is 19.4 Å². The number of urea groups is 1. The number of nitrogens with zero attached hydrogens (tertiary/aromatic N) is 8. The number of likely N-dealkylation sites (N-methyl/N-ethyl adjacent to an activating group) is 1. The maximum Gasteiger partial charge on any atom is 0.320 e. The van der Waals surface area contributed by atoms with Gasteiger partial charge in [-0.2, -0.15) is 5.10 Å². The molecule has 2 fully saturated rings. The van der Waals surface area contributed by atoms with Gasteiger partial charge in [0, 0.05) is 61.3 Å². The molecule has 0 saturated carbocycles. The van der Waals surface area contributed by atoms with Crippen LogP contribution < -0.4 is 20.3 Å². The lowest BCUT2D eigenvalue weighted by Gasteiger charge is -2.39. The van der Waals surface area contributed by atoms with Gasteiger partial charge in [0.1, 0.15) is 17.7 Å². The molecule has 5 aromatic rings. The maximum atomic E-state index is 13.9. The van der Waals surface area contributed by atoms with Gasteiger partial charge in [-0.15, -0.1) is 10.2 Å². The van der Waals surface area contributed by atoms with Crippen LogP contribution in [0.5, 0.6) is 5.75 Å². The smallest absolute Gasteiger partial charge is 0.320 e. The van der Waals surface area contributed by atoms with E-state index < -0.39 is 0 Å². The fourth-order valence-corrected chi connectivity index (χ4v) is 8.69. The molecule has 14 nitrogen and oxygen atoms in total. The number of piperazine rings is 1. The monoisotopic (exact) mass is 824 g/mol. The van der Waals surface area contributed by atoms with E-state index in [0.717, 1.165) is 109 Å². The summed E-state index contributed by atoms with van der Waals surface area (Å²) in [5.41, 5.74) is 5.47. The fraction of sp³-hybridized carbons (Fsp3) is 0.477. The number of amides is 2. The van der Waals surface area contributed by atoms with E-state index in [1.54, 1.807) is 0 Å². The van der Waals surface area contributed by atoms with Crippen molar-refractivity contribution >= 4 is 41.5 Å². The second-order valence-electron chi connectivity index (χ2n) is 17.1. The highest BCUT2D eigenvalue weighted by Gasteiger charge is 2.32. The molecule has 2 aromatic carbocycles. The molecular weight excluding hydrogens is 768 g/mol. The van der Waals surface area contributed by atoms with E-state index in [1.165, 1.54) is 6.42 Å². The van der Waals surface area contributed by atoms with Crippen LogP contribution in [0, 0.1) is 0 Å². The van der Waals surface area contributed by atoms with Crippen LogP contribution >= 0.6 is 11.6 Å². The number of anilines is 2. The topological polar surface area (TPSA) is 145 Å². The molecule has 2 saturated heterocycles.